The van der Waals surface area contributed by atoms with Crippen LogP contribution in [0.4, 0.5) is 0 Å². The lowest BCUT2D eigenvalue weighted by Crippen LogP contribution is -2.23. The van der Waals surface area contributed by atoms with E-state index in [9.17, 15) is 0 Å². The van der Waals surface area contributed by atoms with Gasteiger partial charge in [0.15, 0.2) is 0 Å². The van der Waals surface area contributed by atoms with Crippen molar-refractivity contribution in [3.05, 3.63) is 34.9 Å². The number of hydrogen-bond donors (Lipinski definition) is 2. The summed E-state index contributed by atoms with van der Waals surface area (Å²) in [5.74, 6) is 0.463. The third-order valence-electron chi connectivity index (χ3n) is 2.99. The number of hydrogen-bond acceptors (Lipinski definition) is 2. The predicted octanol–water partition coefficient (Wildman–Crippen LogP) is 1.77. The van der Waals surface area contributed by atoms with Crippen LogP contribution >= 0.6 is 0 Å². The predicted molar refractivity (Wildman–Crippen MR) is 65.8 cm³/mol. The first-order chi connectivity index (χ1) is 7.17. The van der Waals surface area contributed by atoms with Gasteiger partial charge in [-0.05, 0) is 56.8 Å². The van der Waals surface area contributed by atoms with Crippen molar-refractivity contribution in [1.29, 1.82) is 0 Å². The second-order valence-corrected chi connectivity index (χ2v) is 4.31. The van der Waals surface area contributed by atoms with Gasteiger partial charge in [0.2, 0.25) is 0 Å². The van der Waals surface area contributed by atoms with Gasteiger partial charge in [0.1, 0.15) is 0 Å². The zero-order valence-electron chi connectivity index (χ0n) is 9.79. The van der Waals surface area contributed by atoms with E-state index in [0.717, 1.165) is 12.8 Å². The normalized spacial score (nSPS) is 11.0. The molecular weight excluding hydrogens is 184 g/mol. The van der Waals surface area contributed by atoms with E-state index in [1.54, 1.807) is 0 Å². The van der Waals surface area contributed by atoms with Gasteiger partial charge in [-0.25, -0.2) is 0 Å². The summed E-state index contributed by atoms with van der Waals surface area (Å²) in [6.07, 6.45) is 2.18. The summed E-state index contributed by atoms with van der Waals surface area (Å²) in [4.78, 5) is 0. The highest BCUT2D eigenvalue weighted by Gasteiger charge is 2.05. The fourth-order valence-corrected chi connectivity index (χ4v) is 1.76. The van der Waals surface area contributed by atoms with Gasteiger partial charge in [0.05, 0.1) is 0 Å². The molecule has 0 radical (unpaired) electrons. The van der Waals surface area contributed by atoms with Gasteiger partial charge in [-0.3, -0.25) is 0 Å². The number of rotatable bonds is 5. The van der Waals surface area contributed by atoms with Crippen molar-refractivity contribution in [3.63, 3.8) is 0 Å². The van der Waals surface area contributed by atoms with Crippen molar-refractivity contribution >= 4 is 0 Å². The molecule has 2 heteroatoms. The molecule has 0 saturated heterocycles. The molecule has 0 aromatic heterocycles. The Morgan fingerprint density at radius 3 is 2.40 bits per heavy atom. The van der Waals surface area contributed by atoms with Gasteiger partial charge < -0.3 is 11.5 Å². The molecule has 0 aliphatic rings. The highest BCUT2D eigenvalue weighted by Crippen LogP contribution is 2.14. The summed E-state index contributed by atoms with van der Waals surface area (Å²) in [5.41, 5.74) is 15.4. The van der Waals surface area contributed by atoms with Crippen LogP contribution in [0.5, 0.6) is 0 Å². The Kier molecular flexibility index (Phi) is 4.79. The maximum Gasteiger partial charge on any atom is -0.00367 e. The van der Waals surface area contributed by atoms with Gasteiger partial charge in [-0.1, -0.05) is 23.8 Å². The first-order valence-electron chi connectivity index (χ1n) is 5.63. The van der Waals surface area contributed by atoms with E-state index in [1.165, 1.54) is 16.7 Å². The second kappa shape index (κ2) is 5.89. The van der Waals surface area contributed by atoms with Crippen molar-refractivity contribution in [2.75, 3.05) is 13.1 Å². The highest BCUT2D eigenvalue weighted by molar-refractivity contribution is 5.30. The fraction of sp³-hybridized carbons (Fsp3) is 0.538. The van der Waals surface area contributed by atoms with Crippen LogP contribution in [0.25, 0.3) is 0 Å². The molecule has 0 fully saturated rings. The summed E-state index contributed by atoms with van der Waals surface area (Å²) in [6.45, 7) is 5.68. The lowest BCUT2D eigenvalue weighted by atomic mass is 9.96. The maximum atomic E-state index is 5.64. The summed E-state index contributed by atoms with van der Waals surface area (Å²) in [7, 11) is 0. The molecule has 0 aliphatic carbocycles. The number of aryl methyl sites for hydroxylation is 3. The molecule has 0 bridgehead atoms. The standard InChI is InChI=1S/C13H22N2/c1-10-3-4-11(2)13(7-10)6-5-12(8-14)9-15/h3-4,7,12H,5-6,8-9,14-15H2,1-2H3. The summed E-state index contributed by atoms with van der Waals surface area (Å²) in [5, 5.41) is 0. The van der Waals surface area contributed by atoms with E-state index in [-0.39, 0.29) is 0 Å². The number of nitrogens with two attached hydrogens (primary N) is 2. The van der Waals surface area contributed by atoms with Gasteiger partial charge in [-0.15, -0.1) is 0 Å². The molecule has 0 saturated carbocycles. The van der Waals surface area contributed by atoms with Crippen LogP contribution in [0.15, 0.2) is 18.2 Å². The van der Waals surface area contributed by atoms with E-state index < -0.39 is 0 Å². The molecule has 1 aromatic rings. The van der Waals surface area contributed by atoms with Gasteiger partial charge in [-0.2, -0.15) is 0 Å². The number of benzene rings is 1. The summed E-state index contributed by atoms with van der Waals surface area (Å²) < 4.78 is 0. The molecule has 1 rings (SSSR count). The van der Waals surface area contributed by atoms with Crippen LogP contribution in [-0.4, -0.2) is 13.1 Å². The minimum Gasteiger partial charge on any atom is -0.330 e. The molecule has 0 aliphatic heterocycles. The van der Waals surface area contributed by atoms with Crippen LogP contribution < -0.4 is 11.5 Å². The van der Waals surface area contributed by atoms with Crippen LogP contribution in [-0.2, 0) is 6.42 Å². The highest BCUT2D eigenvalue weighted by atomic mass is 14.6. The minimum atomic E-state index is 0.463. The van der Waals surface area contributed by atoms with E-state index in [4.69, 9.17) is 11.5 Å². The van der Waals surface area contributed by atoms with Crippen LogP contribution in [0, 0.1) is 19.8 Å². The van der Waals surface area contributed by atoms with Gasteiger partial charge >= 0.3 is 0 Å². The van der Waals surface area contributed by atoms with Crippen molar-refractivity contribution in [1.82, 2.24) is 0 Å². The Morgan fingerprint density at radius 2 is 1.80 bits per heavy atom. The largest absolute Gasteiger partial charge is 0.330 e. The molecule has 84 valence electrons. The average Bonchev–Trinajstić information content (AvgIpc) is 2.24. The van der Waals surface area contributed by atoms with Crippen molar-refractivity contribution < 1.29 is 0 Å². The smallest absolute Gasteiger partial charge is 0.00367 e. The molecule has 0 spiro atoms. The van der Waals surface area contributed by atoms with Gasteiger partial charge in [0.25, 0.3) is 0 Å². The zero-order valence-corrected chi connectivity index (χ0v) is 9.79. The van der Waals surface area contributed by atoms with E-state index >= 15 is 0 Å². The Labute approximate surface area is 92.7 Å². The Balaban J connectivity index is 2.60. The van der Waals surface area contributed by atoms with E-state index in [0.29, 0.717) is 19.0 Å². The SMILES string of the molecule is Cc1ccc(C)c(CCC(CN)CN)c1. The Hall–Kier alpha value is -0.860. The lowest BCUT2D eigenvalue weighted by Gasteiger charge is -2.13. The van der Waals surface area contributed by atoms with Crippen molar-refractivity contribution in [3.8, 4) is 0 Å². The molecule has 0 atom stereocenters. The molecule has 4 N–H and O–H groups in total. The minimum absolute atomic E-state index is 0.463. The van der Waals surface area contributed by atoms with E-state index in [1.807, 2.05) is 0 Å². The summed E-state index contributed by atoms with van der Waals surface area (Å²) >= 11 is 0. The third kappa shape index (κ3) is 3.65. The third-order valence-corrected chi connectivity index (χ3v) is 2.99. The molecular formula is C13H22N2. The van der Waals surface area contributed by atoms with E-state index in [2.05, 4.69) is 32.0 Å². The Bertz CT molecular complexity index is 303. The van der Waals surface area contributed by atoms with Crippen molar-refractivity contribution in [2.24, 2.45) is 17.4 Å². The average molecular weight is 206 g/mol. The maximum absolute atomic E-state index is 5.64. The molecule has 0 amide bonds. The molecule has 1 aromatic carbocycles. The summed E-state index contributed by atoms with van der Waals surface area (Å²) in [6, 6.07) is 6.60. The van der Waals surface area contributed by atoms with Crippen molar-refractivity contribution in [2.45, 2.75) is 26.7 Å². The first kappa shape index (κ1) is 12.2. The molecule has 0 heterocycles. The second-order valence-electron chi connectivity index (χ2n) is 4.31. The molecule has 15 heavy (non-hydrogen) atoms. The first-order valence-corrected chi connectivity index (χ1v) is 5.63. The lowest BCUT2D eigenvalue weighted by molar-refractivity contribution is 0.507. The van der Waals surface area contributed by atoms with Crippen LogP contribution in [0.1, 0.15) is 23.1 Å². The molecule has 2 nitrogen and oxygen atoms in total. The Morgan fingerprint density at radius 1 is 1.13 bits per heavy atom. The van der Waals surface area contributed by atoms with Gasteiger partial charge in [0, 0.05) is 0 Å². The quantitative estimate of drug-likeness (QED) is 0.771. The topological polar surface area (TPSA) is 52.0 Å². The monoisotopic (exact) mass is 206 g/mol. The zero-order chi connectivity index (χ0) is 11.3. The van der Waals surface area contributed by atoms with Crippen LogP contribution in [0.2, 0.25) is 0 Å². The molecule has 0 unspecified atom stereocenters. The van der Waals surface area contributed by atoms with Crippen LogP contribution in [0.3, 0.4) is 0 Å². The fourth-order valence-electron chi connectivity index (χ4n) is 1.76.